The van der Waals surface area contributed by atoms with E-state index < -0.39 is 0 Å². The molecule has 1 aliphatic rings. The molecule has 1 unspecified atom stereocenters. The maximum absolute atomic E-state index is 6.38. The first-order valence-electron chi connectivity index (χ1n) is 7.49. The van der Waals surface area contributed by atoms with Gasteiger partial charge in [0, 0.05) is 19.3 Å². The lowest BCUT2D eigenvalue weighted by Gasteiger charge is -2.27. The summed E-state index contributed by atoms with van der Waals surface area (Å²) >= 11 is 0. The molecule has 0 radical (unpaired) electrons. The number of nitrogens with two attached hydrogens (primary N) is 1. The fourth-order valence-electron chi connectivity index (χ4n) is 2.73. The second kappa shape index (κ2) is 6.74. The van der Waals surface area contributed by atoms with E-state index in [1.165, 1.54) is 5.56 Å². The van der Waals surface area contributed by atoms with Crippen molar-refractivity contribution in [2.24, 2.45) is 11.7 Å². The topological polar surface area (TPSA) is 44.5 Å². The van der Waals surface area contributed by atoms with E-state index in [4.69, 9.17) is 15.2 Å². The van der Waals surface area contributed by atoms with Crippen molar-refractivity contribution in [3.05, 3.63) is 60.2 Å². The number of para-hydroxylation sites is 1. The van der Waals surface area contributed by atoms with Gasteiger partial charge in [0.2, 0.25) is 0 Å². The van der Waals surface area contributed by atoms with Crippen LogP contribution in [0.3, 0.4) is 0 Å². The van der Waals surface area contributed by atoms with Crippen molar-refractivity contribution in [2.45, 2.75) is 18.9 Å². The first kappa shape index (κ1) is 14.1. The summed E-state index contributed by atoms with van der Waals surface area (Å²) < 4.78 is 11.2. The van der Waals surface area contributed by atoms with Crippen LogP contribution in [0.15, 0.2) is 54.6 Å². The molecule has 0 amide bonds. The van der Waals surface area contributed by atoms with E-state index in [-0.39, 0.29) is 6.04 Å². The highest BCUT2D eigenvalue weighted by molar-refractivity contribution is 5.34. The van der Waals surface area contributed by atoms with Crippen LogP contribution in [0.1, 0.15) is 24.4 Å². The van der Waals surface area contributed by atoms with Crippen molar-refractivity contribution >= 4 is 0 Å². The van der Waals surface area contributed by atoms with Crippen molar-refractivity contribution in [2.75, 3.05) is 13.2 Å². The lowest BCUT2D eigenvalue weighted by atomic mass is 9.88. The van der Waals surface area contributed by atoms with Crippen LogP contribution in [-0.2, 0) is 4.74 Å². The predicted octanol–water partition coefficient (Wildman–Crippen LogP) is 3.91. The zero-order chi connectivity index (χ0) is 14.5. The molecule has 0 saturated carbocycles. The molecule has 3 nitrogen and oxygen atoms in total. The third-order valence-corrected chi connectivity index (χ3v) is 4.02. The summed E-state index contributed by atoms with van der Waals surface area (Å²) in [6, 6.07) is 18.0. The Kier molecular flexibility index (Phi) is 4.53. The highest BCUT2D eigenvalue weighted by Gasteiger charge is 2.22. The van der Waals surface area contributed by atoms with Crippen LogP contribution in [0.2, 0.25) is 0 Å². The van der Waals surface area contributed by atoms with Gasteiger partial charge in [0.05, 0.1) is 0 Å². The van der Waals surface area contributed by atoms with E-state index in [2.05, 4.69) is 12.1 Å². The van der Waals surface area contributed by atoms with E-state index in [9.17, 15) is 0 Å². The highest BCUT2D eigenvalue weighted by Crippen LogP contribution is 2.29. The average molecular weight is 283 g/mol. The Balaban J connectivity index is 1.66. The standard InChI is InChI=1S/C18H21NO2/c19-18(15-10-12-20-13-11-15)14-6-8-17(9-7-14)21-16-4-2-1-3-5-16/h1-9,15,18H,10-13,19H2. The third-order valence-electron chi connectivity index (χ3n) is 4.02. The lowest BCUT2D eigenvalue weighted by Crippen LogP contribution is -2.27. The van der Waals surface area contributed by atoms with Gasteiger partial charge in [-0.3, -0.25) is 0 Å². The molecular weight excluding hydrogens is 262 g/mol. The van der Waals surface area contributed by atoms with Crippen molar-refractivity contribution in [1.82, 2.24) is 0 Å². The minimum atomic E-state index is 0.0830. The molecule has 0 aromatic heterocycles. The van der Waals surface area contributed by atoms with Gasteiger partial charge in [-0.2, -0.15) is 0 Å². The fraction of sp³-hybridized carbons (Fsp3) is 0.333. The van der Waals surface area contributed by atoms with Crippen LogP contribution >= 0.6 is 0 Å². The number of rotatable bonds is 4. The monoisotopic (exact) mass is 283 g/mol. The Bertz CT molecular complexity index is 547. The Morgan fingerprint density at radius 2 is 1.52 bits per heavy atom. The van der Waals surface area contributed by atoms with Crippen LogP contribution in [0.25, 0.3) is 0 Å². The predicted molar refractivity (Wildman–Crippen MR) is 83.4 cm³/mol. The molecule has 1 fully saturated rings. The van der Waals surface area contributed by atoms with Gasteiger partial charge in [-0.1, -0.05) is 30.3 Å². The molecule has 1 aliphatic heterocycles. The summed E-state index contributed by atoms with van der Waals surface area (Å²) in [5, 5.41) is 0. The van der Waals surface area contributed by atoms with Crippen LogP contribution in [-0.4, -0.2) is 13.2 Å². The summed E-state index contributed by atoms with van der Waals surface area (Å²) in [6.45, 7) is 1.65. The molecule has 2 N–H and O–H groups in total. The van der Waals surface area contributed by atoms with E-state index in [0.29, 0.717) is 5.92 Å². The molecule has 3 rings (SSSR count). The van der Waals surface area contributed by atoms with Gasteiger partial charge >= 0.3 is 0 Å². The lowest BCUT2D eigenvalue weighted by molar-refractivity contribution is 0.0584. The maximum atomic E-state index is 6.38. The van der Waals surface area contributed by atoms with Crippen molar-refractivity contribution < 1.29 is 9.47 Å². The van der Waals surface area contributed by atoms with Gasteiger partial charge < -0.3 is 15.2 Å². The van der Waals surface area contributed by atoms with Crippen molar-refractivity contribution in [3.63, 3.8) is 0 Å². The third kappa shape index (κ3) is 3.63. The minimum Gasteiger partial charge on any atom is -0.457 e. The smallest absolute Gasteiger partial charge is 0.127 e. The second-order valence-corrected chi connectivity index (χ2v) is 5.46. The summed E-state index contributed by atoms with van der Waals surface area (Å²) in [4.78, 5) is 0. The van der Waals surface area contributed by atoms with Crippen molar-refractivity contribution in [1.29, 1.82) is 0 Å². The summed E-state index contributed by atoms with van der Waals surface area (Å²) in [5.74, 6) is 2.20. The Morgan fingerprint density at radius 1 is 0.905 bits per heavy atom. The minimum absolute atomic E-state index is 0.0830. The number of ether oxygens (including phenoxy) is 2. The number of benzene rings is 2. The van der Waals surface area contributed by atoms with Gasteiger partial charge in [-0.25, -0.2) is 0 Å². The molecule has 2 aromatic rings. The largest absolute Gasteiger partial charge is 0.457 e. The molecule has 0 bridgehead atoms. The molecule has 0 spiro atoms. The van der Waals surface area contributed by atoms with E-state index in [0.717, 1.165) is 37.6 Å². The summed E-state index contributed by atoms with van der Waals surface area (Å²) in [6.07, 6.45) is 2.09. The fourth-order valence-corrected chi connectivity index (χ4v) is 2.73. The molecule has 110 valence electrons. The summed E-state index contributed by atoms with van der Waals surface area (Å²) in [7, 11) is 0. The Morgan fingerprint density at radius 3 is 2.19 bits per heavy atom. The number of hydrogen-bond donors (Lipinski definition) is 1. The quantitative estimate of drug-likeness (QED) is 0.925. The number of hydrogen-bond acceptors (Lipinski definition) is 3. The molecule has 3 heteroatoms. The molecule has 21 heavy (non-hydrogen) atoms. The zero-order valence-corrected chi connectivity index (χ0v) is 12.1. The van der Waals surface area contributed by atoms with Gasteiger partial charge in [-0.15, -0.1) is 0 Å². The van der Waals surface area contributed by atoms with E-state index in [1.807, 2.05) is 42.5 Å². The van der Waals surface area contributed by atoms with Crippen molar-refractivity contribution in [3.8, 4) is 11.5 Å². The molecule has 1 atom stereocenters. The maximum Gasteiger partial charge on any atom is 0.127 e. The molecule has 0 aliphatic carbocycles. The van der Waals surface area contributed by atoms with Gasteiger partial charge in [-0.05, 0) is 48.6 Å². The zero-order valence-electron chi connectivity index (χ0n) is 12.1. The van der Waals surface area contributed by atoms with Crippen LogP contribution in [0.5, 0.6) is 11.5 Å². The molecule has 1 heterocycles. The van der Waals surface area contributed by atoms with Crippen LogP contribution in [0, 0.1) is 5.92 Å². The Hall–Kier alpha value is -1.84. The Labute approximate surface area is 125 Å². The van der Waals surface area contributed by atoms with E-state index in [1.54, 1.807) is 0 Å². The van der Waals surface area contributed by atoms with Crippen LogP contribution < -0.4 is 10.5 Å². The first-order chi connectivity index (χ1) is 10.3. The van der Waals surface area contributed by atoms with Crippen LogP contribution in [0.4, 0.5) is 0 Å². The summed E-state index contributed by atoms with van der Waals surface area (Å²) in [5.41, 5.74) is 7.54. The van der Waals surface area contributed by atoms with Gasteiger partial charge in [0.25, 0.3) is 0 Å². The van der Waals surface area contributed by atoms with E-state index >= 15 is 0 Å². The molecule has 1 saturated heterocycles. The highest BCUT2D eigenvalue weighted by atomic mass is 16.5. The molecular formula is C18H21NO2. The van der Waals surface area contributed by atoms with Gasteiger partial charge in [0.1, 0.15) is 11.5 Å². The first-order valence-corrected chi connectivity index (χ1v) is 7.49. The SMILES string of the molecule is NC(c1ccc(Oc2ccccc2)cc1)C1CCOCC1. The van der Waals surface area contributed by atoms with Gasteiger partial charge in [0.15, 0.2) is 0 Å². The second-order valence-electron chi connectivity index (χ2n) is 5.46. The molecule has 2 aromatic carbocycles. The normalized spacial score (nSPS) is 17.4. The average Bonchev–Trinajstić information content (AvgIpc) is 2.57.